The highest BCUT2D eigenvalue weighted by atomic mass is 16.5. The van der Waals surface area contributed by atoms with Crippen LogP contribution in [-0.2, 0) is 4.74 Å². The number of ether oxygens (including phenoxy) is 1. The van der Waals surface area contributed by atoms with E-state index in [0.29, 0.717) is 13.2 Å². The monoisotopic (exact) mass is 241 g/mol. The number of hydrogen-bond donors (Lipinski definition) is 2. The Bertz CT molecular complexity index is 222. The Morgan fingerprint density at radius 1 is 1.29 bits per heavy atom. The van der Waals surface area contributed by atoms with Crippen molar-refractivity contribution in [2.45, 2.75) is 63.5 Å². The molecule has 17 heavy (non-hydrogen) atoms. The van der Waals surface area contributed by atoms with E-state index in [0.717, 1.165) is 12.5 Å². The molecule has 0 aromatic heterocycles. The summed E-state index contributed by atoms with van der Waals surface area (Å²) in [6.07, 6.45) is 8.75. The summed E-state index contributed by atoms with van der Waals surface area (Å²) in [6, 6.07) is 0. The third-order valence-electron chi connectivity index (χ3n) is 4.08. The van der Waals surface area contributed by atoms with Gasteiger partial charge in [0.05, 0.1) is 12.7 Å². The van der Waals surface area contributed by atoms with Crippen molar-refractivity contribution in [3.8, 4) is 0 Å². The first-order valence-corrected chi connectivity index (χ1v) is 7.19. The predicted octanol–water partition coefficient (Wildman–Crippen LogP) is 2.09. The number of rotatable bonds is 7. The summed E-state index contributed by atoms with van der Waals surface area (Å²) < 4.78 is 5.50. The second kappa shape index (κ2) is 6.17. The molecule has 2 rings (SSSR count). The van der Waals surface area contributed by atoms with Crippen molar-refractivity contribution >= 4 is 0 Å². The standard InChI is InChI=1S/C14H27NO2/c1-14(7-3-2-4-8-14)15-9-13(16)11-17-10-12-5-6-12/h12-13,15-16H,2-11H2,1H3. The third kappa shape index (κ3) is 4.94. The van der Waals surface area contributed by atoms with Crippen molar-refractivity contribution in [1.29, 1.82) is 0 Å². The van der Waals surface area contributed by atoms with Crippen molar-refractivity contribution in [3.63, 3.8) is 0 Å². The van der Waals surface area contributed by atoms with Crippen molar-refractivity contribution in [3.05, 3.63) is 0 Å². The number of hydrogen-bond acceptors (Lipinski definition) is 3. The van der Waals surface area contributed by atoms with Crippen molar-refractivity contribution in [1.82, 2.24) is 5.32 Å². The molecule has 2 fully saturated rings. The van der Waals surface area contributed by atoms with Gasteiger partial charge in [-0.1, -0.05) is 19.3 Å². The topological polar surface area (TPSA) is 41.5 Å². The molecule has 2 aliphatic carbocycles. The lowest BCUT2D eigenvalue weighted by molar-refractivity contribution is 0.0274. The summed E-state index contributed by atoms with van der Waals surface area (Å²) in [5.74, 6) is 0.783. The van der Waals surface area contributed by atoms with Crippen molar-refractivity contribution in [2.75, 3.05) is 19.8 Å². The molecule has 1 atom stereocenters. The maximum absolute atomic E-state index is 9.84. The molecule has 2 saturated carbocycles. The molecule has 3 nitrogen and oxygen atoms in total. The van der Waals surface area contributed by atoms with Crippen LogP contribution in [0.15, 0.2) is 0 Å². The van der Waals surface area contributed by atoms with Gasteiger partial charge >= 0.3 is 0 Å². The molecule has 0 heterocycles. The van der Waals surface area contributed by atoms with E-state index in [1.165, 1.54) is 44.9 Å². The number of β-amino-alcohol motifs (C(OH)–C–C–N with tert-alkyl or cyclic N) is 1. The Hall–Kier alpha value is -0.120. The zero-order valence-electron chi connectivity index (χ0n) is 11.1. The maximum atomic E-state index is 9.84. The molecule has 1 unspecified atom stereocenters. The Labute approximate surface area is 105 Å². The lowest BCUT2D eigenvalue weighted by Crippen LogP contribution is -2.47. The van der Waals surface area contributed by atoms with Gasteiger partial charge in [-0.15, -0.1) is 0 Å². The highest BCUT2D eigenvalue weighted by Gasteiger charge is 2.27. The molecule has 0 bridgehead atoms. The van der Waals surface area contributed by atoms with Crippen molar-refractivity contribution in [2.24, 2.45) is 5.92 Å². The zero-order valence-corrected chi connectivity index (χ0v) is 11.1. The van der Waals surface area contributed by atoms with Crippen LogP contribution >= 0.6 is 0 Å². The van der Waals surface area contributed by atoms with Gasteiger partial charge in [-0.3, -0.25) is 0 Å². The summed E-state index contributed by atoms with van der Waals surface area (Å²) in [7, 11) is 0. The minimum absolute atomic E-state index is 0.246. The van der Waals surface area contributed by atoms with Crippen LogP contribution in [0.5, 0.6) is 0 Å². The van der Waals surface area contributed by atoms with E-state index in [1.807, 2.05) is 0 Å². The molecule has 0 radical (unpaired) electrons. The predicted molar refractivity (Wildman–Crippen MR) is 69.0 cm³/mol. The minimum atomic E-state index is -0.354. The Balaban J connectivity index is 1.55. The SMILES string of the molecule is CC1(NCC(O)COCC2CC2)CCCCC1. The number of aliphatic hydroxyl groups is 1. The molecule has 0 spiro atoms. The average Bonchev–Trinajstić information content (AvgIpc) is 3.12. The smallest absolute Gasteiger partial charge is 0.0897 e. The molecule has 2 N–H and O–H groups in total. The highest BCUT2D eigenvalue weighted by molar-refractivity contribution is 4.86. The number of nitrogens with one attached hydrogen (secondary N) is 1. The van der Waals surface area contributed by atoms with Crippen LogP contribution in [-0.4, -0.2) is 36.5 Å². The fraction of sp³-hybridized carbons (Fsp3) is 1.00. The summed E-state index contributed by atoms with van der Waals surface area (Å²) in [6.45, 7) is 4.28. The molecular formula is C14H27NO2. The molecule has 2 aliphatic rings. The fourth-order valence-electron chi connectivity index (χ4n) is 2.59. The van der Waals surface area contributed by atoms with Gasteiger partial charge in [0.1, 0.15) is 0 Å². The highest BCUT2D eigenvalue weighted by Crippen LogP contribution is 2.29. The second-order valence-electron chi connectivity index (χ2n) is 6.14. The van der Waals surface area contributed by atoms with Gasteiger partial charge in [0.15, 0.2) is 0 Å². The van der Waals surface area contributed by atoms with E-state index in [4.69, 9.17) is 4.74 Å². The summed E-state index contributed by atoms with van der Waals surface area (Å²) in [5.41, 5.74) is 0.246. The minimum Gasteiger partial charge on any atom is -0.389 e. The van der Waals surface area contributed by atoms with E-state index in [-0.39, 0.29) is 11.6 Å². The first-order chi connectivity index (χ1) is 8.18. The first kappa shape index (κ1) is 13.3. The largest absolute Gasteiger partial charge is 0.389 e. The first-order valence-electron chi connectivity index (χ1n) is 7.19. The second-order valence-corrected chi connectivity index (χ2v) is 6.14. The van der Waals surface area contributed by atoms with E-state index in [2.05, 4.69) is 12.2 Å². The van der Waals surface area contributed by atoms with Crippen LogP contribution in [0.4, 0.5) is 0 Å². The third-order valence-corrected chi connectivity index (χ3v) is 4.08. The van der Waals surface area contributed by atoms with Gasteiger partial charge in [-0.2, -0.15) is 0 Å². The van der Waals surface area contributed by atoms with E-state index < -0.39 is 0 Å². The molecule has 0 amide bonds. The average molecular weight is 241 g/mol. The lowest BCUT2D eigenvalue weighted by Gasteiger charge is -2.35. The summed E-state index contributed by atoms with van der Waals surface area (Å²) >= 11 is 0. The van der Waals surface area contributed by atoms with Gasteiger partial charge < -0.3 is 15.2 Å². The lowest BCUT2D eigenvalue weighted by atomic mass is 9.83. The molecule has 0 aromatic carbocycles. The molecular weight excluding hydrogens is 214 g/mol. The van der Waals surface area contributed by atoms with Gasteiger partial charge in [-0.25, -0.2) is 0 Å². The van der Waals surface area contributed by atoms with E-state index in [9.17, 15) is 5.11 Å². The molecule has 3 heteroatoms. The summed E-state index contributed by atoms with van der Waals surface area (Å²) in [4.78, 5) is 0. The van der Waals surface area contributed by atoms with Gasteiger partial charge in [0.25, 0.3) is 0 Å². The van der Waals surface area contributed by atoms with Crippen LogP contribution in [0.25, 0.3) is 0 Å². The van der Waals surface area contributed by atoms with E-state index >= 15 is 0 Å². The van der Waals surface area contributed by atoms with Crippen LogP contribution in [0, 0.1) is 5.92 Å². The van der Waals surface area contributed by atoms with Crippen LogP contribution in [0.3, 0.4) is 0 Å². The van der Waals surface area contributed by atoms with Crippen LogP contribution < -0.4 is 5.32 Å². The molecule has 100 valence electrons. The molecule has 0 aromatic rings. The van der Waals surface area contributed by atoms with Crippen molar-refractivity contribution < 1.29 is 9.84 Å². The van der Waals surface area contributed by atoms with Crippen LogP contribution in [0.1, 0.15) is 51.9 Å². The normalized spacial score (nSPS) is 25.8. The van der Waals surface area contributed by atoms with Gasteiger partial charge in [-0.05, 0) is 38.5 Å². The Morgan fingerprint density at radius 2 is 2.00 bits per heavy atom. The summed E-state index contributed by atoms with van der Waals surface area (Å²) in [5, 5.41) is 13.4. The van der Waals surface area contributed by atoms with Gasteiger partial charge in [0.2, 0.25) is 0 Å². The number of aliphatic hydroxyl groups excluding tert-OH is 1. The van der Waals surface area contributed by atoms with Crippen LogP contribution in [0.2, 0.25) is 0 Å². The Morgan fingerprint density at radius 3 is 2.65 bits per heavy atom. The fourth-order valence-corrected chi connectivity index (χ4v) is 2.59. The zero-order chi connectivity index (χ0) is 12.1. The maximum Gasteiger partial charge on any atom is 0.0897 e. The quantitative estimate of drug-likeness (QED) is 0.717. The van der Waals surface area contributed by atoms with Gasteiger partial charge in [0, 0.05) is 18.7 Å². The molecule has 0 aliphatic heterocycles. The Kier molecular flexibility index (Phi) is 4.83. The molecule has 0 saturated heterocycles. The van der Waals surface area contributed by atoms with E-state index in [1.54, 1.807) is 0 Å².